The van der Waals surface area contributed by atoms with E-state index in [2.05, 4.69) is 36.7 Å². The average Bonchev–Trinajstić information content (AvgIpc) is 2.93. The summed E-state index contributed by atoms with van der Waals surface area (Å²) in [4.78, 5) is 0. The molecule has 1 heteroatoms. The Morgan fingerprint density at radius 3 is 0.872 bits per heavy atom. The van der Waals surface area contributed by atoms with Gasteiger partial charge in [0.1, 0.15) is 0 Å². The smallest absolute Gasteiger partial charge is 0.00313 e. The van der Waals surface area contributed by atoms with E-state index >= 15 is 0 Å². The highest BCUT2D eigenvalue weighted by molar-refractivity contribution is 9.09. The van der Waals surface area contributed by atoms with E-state index in [-0.39, 0.29) is 0 Å². The van der Waals surface area contributed by atoms with Gasteiger partial charge in [0.05, 0.1) is 0 Å². The molecule has 1 unspecified atom stereocenters. The van der Waals surface area contributed by atoms with Crippen LogP contribution in [0.2, 0.25) is 0 Å². The zero-order chi connectivity index (χ0) is 28.5. The lowest BCUT2D eigenvalue weighted by Crippen LogP contribution is -2.01. The summed E-state index contributed by atoms with van der Waals surface area (Å²) in [5.41, 5.74) is 0. The Morgan fingerprint density at radius 2 is 0.590 bits per heavy atom. The summed E-state index contributed by atoms with van der Waals surface area (Å²) in [6, 6.07) is 0. The zero-order valence-corrected chi connectivity index (χ0v) is 29.5. The Labute approximate surface area is 258 Å². The highest BCUT2D eigenvalue weighted by atomic mass is 79.9. The van der Waals surface area contributed by atoms with Crippen molar-refractivity contribution >= 4 is 15.9 Å². The lowest BCUT2D eigenvalue weighted by Gasteiger charge is -2.17. The Morgan fingerprint density at radius 1 is 0.333 bits per heavy atom. The molecule has 0 saturated carbocycles. The van der Waals surface area contributed by atoms with Gasteiger partial charge in [0.15, 0.2) is 0 Å². The monoisotopic (exact) mass is 613 g/mol. The van der Waals surface area contributed by atoms with Crippen LogP contribution in [0.25, 0.3) is 0 Å². The van der Waals surface area contributed by atoms with Gasteiger partial charge in [-0.05, 0) is 18.3 Å². The minimum absolute atomic E-state index is 0.894. The third-order valence-electron chi connectivity index (χ3n) is 9.11. The van der Waals surface area contributed by atoms with E-state index in [9.17, 15) is 0 Å². The van der Waals surface area contributed by atoms with Crippen LogP contribution in [-0.4, -0.2) is 5.33 Å². The molecule has 0 saturated heterocycles. The third kappa shape index (κ3) is 34.6. The Bertz CT molecular complexity index is 417. The van der Waals surface area contributed by atoms with Crippen molar-refractivity contribution in [3.8, 4) is 0 Å². The zero-order valence-electron chi connectivity index (χ0n) is 27.9. The number of rotatable bonds is 34. The molecule has 0 spiro atoms. The van der Waals surface area contributed by atoms with Gasteiger partial charge in [-0.2, -0.15) is 0 Å². The molecule has 236 valence electrons. The molecule has 0 aromatic rings. The summed E-state index contributed by atoms with van der Waals surface area (Å²) in [7, 11) is 0. The SMILES string of the molecule is CCCCCCCCC(CCCCCCCCCBr)CCCCCCCCCCCCCCCCCC(C)C. The summed E-state index contributed by atoms with van der Waals surface area (Å²) in [6.45, 7) is 7.04. The van der Waals surface area contributed by atoms with E-state index in [1.54, 1.807) is 0 Å². The Kier molecular flexibility index (Phi) is 35.1. The second-order valence-corrected chi connectivity index (χ2v) is 14.4. The van der Waals surface area contributed by atoms with Crippen molar-refractivity contribution in [1.82, 2.24) is 0 Å². The second kappa shape index (κ2) is 34.7. The summed E-state index contributed by atoms with van der Waals surface area (Å²) in [5, 5.41) is 1.19. The number of unbranched alkanes of at least 4 members (excludes halogenated alkanes) is 25. The topological polar surface area (TPSA) is 0 Å². The van der Waals surface area contributed by atoms with Gasteiger partial charge in [0.25, 0.3) is 0 Å². The molecule has 0 heterocycles. The molecule has 0 bridgehead atoms. The van der Waals surface area contributed by atoms with Gasteiger partial charge in [-0.15, -0.1) is 0 Å². The standard InChI is InChI=1S/C38H77Br/c1-4-5-6-7-23-28-33-38(35-30-25-20-17-21-26-31-36-39)34-29-24-19-16-14-12-10-8-9-11-13-15-18-22-27-32-37(2)3/h37-38H,4-36H2,1-3H3. The van der Waals surface area contributed by atoms with Crippen molar-refractivity contribution < 1.29 is 0 Å². The lowest BCUT2D eigenvalue weighted by atomic mass is 9.89. The molecule has 0 aromatic carbocycles. The first-order chi connectivity index (χ1) is 19.2. The fraction of sp³-hybridized carbons (Fsp3) is 1.00. The van der Waals surface area contributed by atoms with Gasteiger partial charge in [-0.3, -0.25) is 0 Å². The maximum Gasteiger partial charge on any atom is 0.00313 e. The summed E-state index contributed by atoms with van der Waals surface area (Å²) in [5.74, 6) is 1.93. The highest BCUT2D eigenvalue weighted by Crippen LogP contribution is 2.25. The number of hydrogen-bond acceptors (Lipinski definition) is 0. The maximum atomic E-state index is 3.56. The fourth-order valence-electron chi connectivity index (χ4n) is 6.34. The molecule has 0 aliphatic carbocycles. The van der Waals surface area contributed by atoms with E-state index in [0.717, 1.165) is 11.8 Å². The molecule has 0 nitrogen and oxygen atoms in total. The van der Waals surface area contributed by atoms with Gasteiger partial charge in [0.2, 0.25) is 0 Å². The molecular formula is C38H77Br. The van der Waals surface area contributed by atoms with Gasteiger partial charge in [-0.25, -0.2) is 0 Å². The van der Waals surface area contributed by atoms with Crippen molar-refractivity contribution in [2.45, 2.75) is 226 Å². The van der Waals surface area contributed by atoms with Crippen LogP contribution in [0.1, 0.15) is 226 Å². The van der Waals surface area contributed by atoms with Crippen LogP contribution >= 0.6 is 15.9 Å². The molecular weight excluding hydrogens is 536 g/mol. The van der Waals surface area contributed by atoms with E-state index in [0.29, 0.717) is 0 Å². The molecule has 39 heavy (non-hydrogen) atoms. The van der Waals surface area contributed by atoms with E-state index < -0.39 is 0 Å². The second-order valence-electron chi connectivity index (χ2n) is 13.6. The molecule has 0 rings (SSSR count). The lowest BCUT2D eigenvalue weighted by molar-refractivity contribution is 0.365. The number of alkyl halides is 1. The van der Waals surface area contributed by atoms with Crippen LogP contribution in [0.15, 0.2) is 0 Å². The van der Waals surface area contributed by atoms with Crippen molar-refractivity contribution in [3.63, 3.8) is 0 Å². The van der Waals surface area contributed by atoms with Crippen molar-refractivity contribution in [1.29, 1.82) is 0 Å². The maximum absolute atomic E-state index is 3.56. The van der Waals surface area contributed by atoms with Gasteiger partial charge < -0.3 is 0 Å². The minimum Gasteiger partial charge on any atom is -0.0928 e. The summed E-state index contributed by atoms with van der Waals surface area (Å²) >= 11 is 3.56. The van der Waals surface area contributed by atoms with E-state index in [1.165, 1.54) is 211 Å². The third-order valence-corrected chi connectivity index (χ3v) is 9.67. The predicted molar refractivity (Wildman–Crippen MR) is 186 cm³/mol. The Hall–Kier alpha value is 0.480. The Balaban J connectivity index is 3.65. The van der Waals surface area contributed by atoms with Crippen LogP contribution in [0.5, 0.6) is 0 Å². The van der Waals surface area contributed by atoms with Crippen LogP contribution in [-0.2, 0) is 0 Å². The van der Waals surface area contributed by atoms with E-state index in [1.807, 2.05) is 0 Å². The molecule has 0 fully saturated rings. The van der Waals surface area contributed by atoms with Crippen LogP contribution in [0.3, 0.4) is 0 Å². The van der Waals surface area contributed by atoms with Crippen molar-refractivity contribution in [2.75, 3.05) is 5.33 Å². The number of hydrogen-bond donors (Lipinski definition) is 0. The first kappa shape index (κ1) is 39.5. The predicted octanol–water partition coefficient (Wildman–Crippen LogP) is 15.2. The van der Waals surface area contributed by atoms with Crippen molar-refractivity contribution in [2.24, 2.45) is 11.8 Å². The first-order valence-electron chi connectivity index (χ1n) is 18.8. The molecule has 0 aliphatic rings. The summed E-state index contributed by atoms with van der Waals surface area (Å²) in [6.07, 6.45) is 47.2. The highest BCUT2D eigenvalue weighted by Gasteiger charge is 2.09. The van der Waals surface area contributed by atoms with Gasteiger partial charge in [-0.1, -0.05) is 236 Å². The first-order valence-corrected chi connectivity index (χ1v) is 19.9. The molecule has 1 atom stereocenters. The molecule has 0 aliphatic heterocycles. The van der Waals surface area contributed by atoms with Crippen LogP contribution in [0, 0.1) is 11.8 Å². The van der Waals surface area contributed by atoms with Crippen LogP contribution < -0.4 is 0 Å². The van der Waals surface area contributed by atoms with Crippen molar-refractivity contribution in [3.05, 3.63) is 0 Å². The molecule has 0 amide bonds. The normalized spacial score (nSPS) is 12.5. The largest absolute Gasteiger partial charge is 0.0928 e. The average molecular weight is 614 g/mol. The molecule has 0 radical (unpaired) electrons. The summed E-state index contributed by atoms with van der Waals surface area (Å²) < 4.78 is 0. The molecule has 0 aromatic heterocycles. The van der Waals surface area contributed by atoms with E-state index in [4.69, 9.17) is 0 Å². The fourth-order valence-corrected chi connectivity index (χ4v) is 6.74. The van der Waals surface area contributed by atoms with Crippen LogP contribution in [0.4, 0.5) is 0 Å². The molecule has 0 N–H and O–H groups in total. The minimum atomic E-state index is 0.894. The van der Waals surface area contributed by atoms with Gasteiger partial charge >= 0.3 is 0 Å². The van der Waals surface area contributed by atoms with Gasteiger partial charge in [0, 0.05) is 5.33 Å². The quantitative estimate of drug-likeness (QED) is 0.0500. The number of halogens is 1.